The molecule has 0 heterocycles. The van der Waals surface area contributed by atoms with E-state index in [-0.39, 0.29) is 6.54 Å². The predicted octanol–water partition coefficient (Wildman–Crippen LogP) is 1.65. The van der Waals surface area contributed by atoms with E-state index in [1.165, 1.54) is 7.05 Å². The maximum Gasteiger partial charge on any atom is 0.323 e. The maximum atomic E-state index is 11.8. The summed E-state index contributed by atoms with van der Waals surface area (Å²) in [5.41, 5.74) is 0. The molecule has 1 aromatic rings. The second kappa shape index (κ2) is 6.26. The van der Waals surface area contributed by atoms with Crippen molar-refractivity contribution in [2.75, 3.05) is 13.6 Å². The first-order valence-corrected chi connectivity index (χ1v) is 5.67. The van der Waals surface area contributed by atoms with Gasteiger partial charge < -0.3 is 14.7 Å². The quantitative estimate of drug-likeness (QED) is 0.884. The number of halogens is 1. The largest absolute Gasteiger partial charge is 0.481 e. The van der Waals surface area contributed by atoms with Gasteiger partial charge in [-0.05, 0) is 31.2 Å². The van der Waals surface area contributed by atoms with Gasteiger partial charge in [-0.2, -0.15) is 0 Å². The zero-order chi connectivity index (χ0) is 13.7. The van der Waals surface area contributed by atoms with Crippen LogP contribution in [-0.4, -0.2) is 41.6 Å². The summed E-state index contributed by atoms with van der Waals surface area (Å²) in [5.74, 6) is -0.958. The van der Waals surface area contributed by atoms with Crippen LogP contribution in [0.5, 0.6) is 5.75 Å². The molecular formula is C12H14ClNO4. The third kappa shape index (κ3) is 4.25. The lowest BCUT2D eigenvalue weighted by molar-refractivity contribution is -0.146. The summed E-state index contributed by atoms with van der Waals surface area (Å²) in [6.07, 6.45) is -0.754. The molecule has 0 radical (unpaired) electrons. The number of amides is 1. The normalized spacial score (nSPS) is 11.7. The summed E-state index contributed by atoms with van der Waals surface area (Å²) in [6, 6.07) is 6.58. The zero-order valence-electron chi connectivity index (χ0n) is 10.1. The average Bonchev–Trinajstić information content (AvgIpc) is 2.30. The summed E-state index contributed by atoms with van der Waals surface area (Å²) in [5, 5.41) is 9.16. The Balaban J connectivity index is 2.59. The van der Waals surface area contributed by atoms with Gasteiger partial charge in [0.15, 0.2) is 6.10 Å². The Kier molecular flexibility index (Phi) is 4.97. The number of rotatable bonds is 5. The van der Waals surface area contributed by atoms with Crippen molar-refractivity contribution in [1.82, 2.24) is 4.90 Å². The number of benzene rings is 1. The first-order valence-electron chi connectivity index (χ1n) is 5.29. The molecule has 1 aromatic carbocycles. The van der Waals surface area contributed by atoms with Crippen LogP contribution in [0.3, 0.4) is 0 Å². The van der Waals surface area contributed by atoms with Gasteiger partial charge in [0.05, 0.1) is 0 Å². The topological polar surface area (TPSA) is 66.8 Å². The first-order chi connectivity index (χ1) is 8.40. The number of carbonyl (C=O) groups excluding carboxylic acids is 1. The Morgan fingerprint density at radius 3 is 2.44 bits per heavy atom. The molecule has 5 nitrogen and oxygen atoms in total. The highest BCUT2D eigenvalue weighted by atomic mass is 35.5. The van der Waals surface area contributed by atoms with E-state index >= 15 is 0 Å². The van der Waals surface area contributed by atoms with Crippen molar-refractivity contribution >= 4 is 23.5 Å². The van der Waals surface area contributed by atoms with Gasteiger partial charge in [0.25, 0.3) is 5.91 Å². The third-order valence-electron chi connectivity index (χ3n) is 2.22. The van der Waals surface area contributed by atoms with Crippen molar-refractivity contribution in [3.05, 3.63) is 29.3 Å². The Morgan fingerprint density at radius 2 is 1.94 bits per heavy atom. The lowest BCUT2D eigenvalue weighted by atomic mass is 10.3. The van der Waals surface area contributed by atoms with Gasteiger partial charge in [-0.3, -0.25) is 9.59 Å². The minimum atomic E-state index is -1.07. The predicted molar refractivity (Wildman–Crippen MR) is 66.8 cm³/mol. The van der Waals surface area contributed by atoms with Gasteiger partial charge in [0, 0.05) is 12.1 Å². The highest BCUT2D eigenvalue weighted by Crippen LogP contribution is 2.17. The van der Waals surface area contributed by atoms with Crippen molar-refractivity contribution in [3.63, 3.8) is 0 Å². The number of likely N-dealkylation sites (N-methyl/N-ethyl adjacent to an activating group) is 1. The molecule has 0 spiro atoms. The van der Waals surface area contributed by atoms with E-state index < -0.39 is 18.0 Å². The average molecular weight is 272 g/mol. The summed E-state index contributed by atoms with van der Waals surface area (Å²) in [4.78, 5) is 23.3. The Morgan fingerprint density at radius 1 is 1.39 bits per heavy atom. The monoisotopic (exact) mass is 271 g/mol. The molecule has 0 bridgehead atoms. The van der Waals surface area contributed by atoms with E-state index in [1.807, 2.05) is 0 Å². The molecule has 6 heteroatoms. The number of carboxylic acids is 1. The van der Waals surface area contributed by atoms with Crippen LogP contribution >= 0.6 is 11.6 Å². The zero-order valence-corrected chi connectivity index (χ0v) is 10.8. The fourth-order valence-corrected chi connectivity index (χ4v) is 1.48. The van der Waals surface area contributed by atoms with E-state index in [1.54, 1.807) is 31.2 Å². The van der Waals surface area contributed by atoms with E-state index in [0.717, 1.165) is 4.90 Å². The van der Waals surface area contributed by atoms with Gasteiger partial charge >= 0.3 is 5.97 Å². The highest BCUT2D eigenvalue weighted by molar-refractivity contribution is 6.30. The Labute approximate surface area is 110 Å². The van der Waals surface area contributed by atoms with Crippen LogP contribution in [0.1, 0.15) is 6.92 Å². The molecule has 18 heavy (non-hydrogen) atoms. The number of carbonyl (C=O) groups is 2. The molecule has 1 atom stereocenters. The molecule has 0 fully saturated rings. The molecule has 0 aliphatic heterocycles. The van der Waals surface area contributed by atoms with Crippen LogP contribution in [0.25, 0.3) is 0 Å². The van der Waals surface area contributed by atoms with E-state index in [4.69, 9.17) is 21.4 Å². The van der Waals surface area contributed by atoms with Crippen molar-refractivity contribution in [3.8, 4) is 5.75 Å². The maximum absolute atomic E-state index is 11.8. The van der Waals surface area contributed by atoms with E-state index in [0.29, 0.717) is 10.8 Å². The molecule has 0 saturated carbocycles. The molecule has 0 saturated heterocycles. The standard InChI is InChI=1S/C12H14ClNO4/c1-8(12(17)14(2)7-11(15)16)18-10-5-3-9(13)4-6-10/h3-6,8H,7H2,1-2H3,(H,15,16). The second-order valence-corrected chi connectivity index (χ2v) is 4.24. The minimum Gasteiger partial charge on any atom is -0.481 e. The van der Waals surface area contributed by atoms with E-state index in [9.17, 15) is 9.59 Å². The summed E-state index contributed by atoms with van der Waals surface area (Å²) >= 11 is 5.72. The minimum absolute atomic E-state index is 0.354. The van der Waals surface area contributed by atoms with Gasteiger partial charge in [-0.15, -0.1) is 0 Å². The fourth-order valence-electron chi connectivity index (χ4n) is 1.36. The van der Waals surface area contributed by atoms with Crippen LogP contribution < -0.4 is 4.74 Å². The van der Waals surface area contributed by atoms with Crippen LogP contribution in [0, 0.1) is 0 Å². The van der Waals surface area contributed by atoms with Gasteiger partial charge in [-0.25, -0.2) is 0 Å². The van der Waals surface area contributed by atoms with Crippen molar-refractivity contribution in [1.29, 1.82) is 0 Å². The number of aliphatic carboxylic acids is 1. The van der Waals surface area contributed by atoms with Crippen LogP contribution in [0.2, 0.25) is 5.02 Å². The molecular weight excluding hydrogens is 258 g/mol. The third-order valence-corrected chi connectivity index (χ3v) is 2.47. The number of ether oxygens (including phenoxy) is 1. The van der Waals surface area contributed by atoms with Gasteiger partial charge in [0.2, 0.25) is 0 Å². The van der Waals surface area contributed by atoms with E-state index in [2.05, 4.69) is 0 Å². The molecule has 1 rings (SSSR count). The summed E-state index contributed by atoms with van der Waals surface area (Å²) in [6.45, 7) is 1.21. The van der Waals surface area contributed by atoms with Crippen molar-refractivity contribution in [2.45, 2.75) is 13.0 Å². The van der Waals surface area contributed by atoms with Crippen molar-refractivity contribution in [2.24, 2.45) is 0 Å². The number of hydrogen-bond acceptors (Lipinski definition) is 3. The smallest absolute Gasteiger partial charge is 0.323 e. The number of hydrogen-bond donors (Lipinski definition) is 1. The molecule has 1 N–H and O–H groups in total. The lowest BCUT2D eigenvalue weighted by Gasteiger charge is -2.20. The fraction of sp³-hybridized carbons (Fsp3) is 0.333. The second-order valence-electron chi connectivity index (χ2n) is 3.80. The lowest BCUT2D eigenvalue weighted by Crippen LogP contribution is -2.40. The van der Waals surface area contributed by atoms with Gasteiger partial charge in [-0.1, -0.05) is 11.6 Å². The van der Waals surface area contributed by atoms with Crippen LogP contribution in [-0.2, 0) is 9.59 Å². The van der Waals surface area contributed by atoms with Crippen LogP contribution in [0.4, 0.5) is 0 Å². The van der Waals surface area contributed by atoms with Crippen LogP contribution in [0.15, 0.2) is 24.3 Å². The Bertz CT molecular complexity index is 432. The molecule has 98 valence electrons. The summed E-state index contributed by atoms with van der Waals surface area (Å²) < 4.78 is 5.39. The number of nitrogens with zero attached hydrogens (tertiary/aromatic N) is 1. The highest BCUT2D eigenvalue weighted by Gasteiger charge is 2.20. The molecule has 0 aromatic heterocycles. The van der Waals surface area contributed by atoms with Crippen molar-refractivity contribution < 1.29 is 19.4 Å². The first kappa shape index (κ1) is 14.3. The Hall–Kier alpha value is -1.75. The molecule has 1 amide bonds. The SMILES string of the molecule is CC(Oc1ccc(Cl)cc1)C(=O)N(C)CC(=O)O. The molecule has 1 unspecified atom stereocenters. The molecule has 0 aliphatic rings. The summed E-state index contributed by atoms with van der Waals surface area (Å²) in [7, 11) is 1.41. The number of carboxylic acid groups (broad SMARTS) is 1. The molecule has 0 aliphatic carbocycles. The van der Waals surface area contributed by atoms with Gasteiger partial charge in [0.1, 0.15) is 12.3 Å².